The summed E-state index contributed by atoms with van der Waals surface area (Å²) in [5.41, 5.74) is 0.649. The van der Waals surface area contributed by atoms with Gasteiger partial charge in [0, 0.05) is 12.1 Å². The van der Waals surface area contributed by atoms with Crippen LogP contribution in [0.5, 0.6) is 11.5 Å². The summed E-state index contributed by atoms with van der Waals surface area (Å²) in [5.74, 6) is 0.538. The third kappa shape index (κ3) is 3.28. The number of aromatic amines is 2. The molecule has 0 aliphatic carbocycles. The summed E-state index contributed by atoms with van der Waals surface area (Å²) in [6.07, 6.45) is 0. The topological polar surface area (TPSA) is 113 Å². The highest BCUT2D eigenvalue weighted by Crippen LogP contribution is 2.37. The summed E-state index contributed by atoms with van der Waals surface area (Å²) in [4.78, 5) is 16.4. The van der Waals surface area contributed by atoms with Crippen LogP contribution >= 0.6 is 11.6 Å². The average Bonchev–Trinajstić information content (AvgIpc) is 2.94. The van der Waals surface area contributed by atoms with E-state index in [-0.39, 0.29) is 21.4 Å². The molecule has 3 aromatic rings. The summed E-state index contributed by atoms with van der Waals surface area (Å²) in [5, 5.41) is 0.286. The summed E-state index contributed by atoms with van der Waals surface area (Å²) >= 11 is 6.02. The van der Waals surface area contributed by atoms with Crippen molar-refractivity contribution in [1.82, 2.24) is 9.97 Å². The minimum atomic E-state index is -3.93. The number of hydrogen-bond acceptors (Lipinski definition) is 5. The van der Waals surface area contributed by atoms with Gasteiger partial charge in [0.1, 0.15) is 11.5 Å². The summed E-state index contributed by atoms with van der Waals surface area (Å²) in [7, 11) is -1.12. The monoisotopic (exact) mass is 383 g/mol. The molecule has 0 atom stereocenters. The van der Waals surface area contributed by atoms with E-state index in [9.17, 15) is 13.2 Å². The molecule has 10 heteroatoms. The molecule has 132 valence electrons. The van der Waals surface area contributed by atoms with Gasteiger partial charge in [-0.2, -0.15) is 0 Å². The van der Waals surface area contributed by atoms with E-state index in [2.05, 4.69) is 14.7 Å². The maximum absolute atomic E-state index is 12.7. The van der Waals surface area contributed by atoms with Gasteiger partial charge in [-0.05, 0) is 18.2 Å². The molecule has 3 N–H and O–H groups in total. The Morgan fingerprint density at radius 2 is 1.68 bits per heavy atom. The van der Waals surface area contributed by atoms with Crippen LogP contribution in [0.4, 0.5) is 5.69 Å². The van der Waals surface area contributed by atoms with Crippen LogP contribution in [0.25, 0.3) is 11.0 Å². The highest BCUT2D eigenvalue weighted by Gasteiger charge is 2.19. The quantitative estimate of drug-likeness (QED) is 0.625. The predicted octanol–water partition coefficient (Wildman–Crippen LogP) is 2.33. The predicted molar refractivity (Wildman–Crippen MR) is 94.3 cm³/mol. The third-order valence-corrected chi connectivity index (χ3v) is 5.17. The number of benzene rings is 2. The van der Waals surface area contributed by atoms with Gasteiger partial charge in [-0.25, -0.2) is 13.2 Å². The fraction of sp³-hybridized carbons (Fsp3) is 0.133. The van der Waals surface area contributed by atoms with Gasteiger partial charge in [0.2, 0.25) is 0 Å². The van der Waals surface area contributed by atoms with Crippen LogP contribution in [0, 0.1) is 0 Å². The zero-order valence-corrected chi connectivity index (χ0v) is 14.8. The zero-order valence-electron chi connectivity index (χ0n) is 13.2. The van der Waals surface area contributed by atoms with Crippen molar-refractivity contribution in [1.29, 1.82) is 0 Å². The second-order valence-corrected chi connectivity index (χ2v) is 7.17. The number of ether oxygens (including phenoxy) is 2. The molecular weight excluding hydrogens is 370 g/mol. The minimum absolute atomic E-state index is 0.0220. The lowest BCUT2D eigenvalue weighted by Gasteiger charge is -2.14. The molecule has 1 heterocycles. The van der Waals surface area contributed by atoms with E-state index in [1.165, 1.54) is 44.6 Å². The molecule has 0 aliphatic rings. The first-order chi connectivity index (χ1) is 11.8. The number of sulfonamides is 1. The van der Waals surface area contributed by atoms with E-state index in [1.54, 1.807) is 0 Å². The van der Waals surface area contributed by atoms with Crippen LogP contribution in [0.1, 0.15) is 0 Å². The summed E-state index contributed by atoms with van der Waals surface area (Å²) < 4.78 is 38.0. The molecule has 0 saturated carbocycles. The van der Waals surface area contributed by atoms with Crippen molar-refractivity contribution in [3.05, 3.63) is 45.8 Å². The minimum Gasteiger partial charge on any atom is -0.495 e. The highest BCUT2D eigenvalue weighted by molar-refractivity contribution is 7.92. The molecule has 0 unspecified atom stereocenters. The van der Waals surface area contributed by atoms with Gasteiger partial charge in [0.25, 0.3) is 10.0 Å². The van der Waals surface area contributed by atoms with E-state index in [1.807, 2.05) is 0 Å². The first kappa shape index (κ1) is 17.2. The van der Waals surface area contributed by atoms with Gasteiger partial charge in [-0.1, -0.05) is 11.6 Å². The largest absolute Gasteiger partial charge is 0.495 e. The van der Waals surface area contributed by atoms with Gasteiger partial charge >= 0.3 is 5.69 Å². The Morgan fingerprint density at radius 1 is 1.00 bits per heavy atom. The van der Waals surface area contributed by atoms with Crippen LogP contribution in [0.15, 0.2) is 40.0 Å². The average molecular weight is 384 g/mol. The molecule has 0 spiro atoms. The Kier molecular flexibility index (Phi) is 4.36. The Morgan fingerprint density at radius 3 is 2.36 bits per heavy atom. The molecule has 0 aliphatic heterocycles. The van der Waals surface area contributed by atoms with Gasteiger partial charge in [0.05, 0.1) is 40.9 Å². The van der Waals surface area contributed by atoms with Crippen molar-refractivity contribution in [3.63, 3.8) is 0 Å². The van der Waals surface area contributed by atoms with Crippen LogP contribution in [0.3, 0.4) is 0 Å². The molecular formula is C15H14ClN3O5S. The van der Waals surface area contributed by atoms with Gasteiger partial charge in [-0.15, -0.1) is 0 Å². The van der Waals surface area contributed by atoms with Crippen molar-refractivity contribution < 1.29 is 17.9 Å². The fourth-order valence-electron chi connectivity index (χ4n) is 2.32. The van der Waals surface area contributed by atoms with Crippen molar-refractivity contribution in [2.75, 3.05) is 18.9 Å². The number of H-pyrrole nitrogens is 2. The number of nitrogens with one attached hydrogen (secondary N) is 3. The number of methoxy groups -OCH3 is 2. The third-order valence-electron chi connectivity index (χ3n) is 3.52. The molecule has 8 nitrogen and oxygen atoms in total. The lowest BCUT2D eigenvalue weighted by molar-refractivity contribution is 0.405. The van der Waals surface area contributed by atoms with Crippen molar-refractivity contribution in [3.8, 4) is 11.5 Å². The first-order valence-corrected chi connectivity index (χ1v) is 8.86. The molecule has 0 fully saturated rings. The Labute approximate surface area is 147 Å². The van der Waals surface area contributed by atoms with E-state index in [0.29, 0.717) is 16.8 Å². The standard InChI is InChI=1S/C15H14ClN3O5S/c1-23-13-7-12(14(24-2)6-9(13)16)19-25(21,22)8-3-4-10-11(5-8)18-15(20)17-10/h3-7,19H,1-2H3,(H2,17,18,20). The molecule has 1 aromatic heterocycles. The van der Waals surface area contributed by atoms with Crippen LogP contribution in [-0.2, 0) is 10.0 Å². The fourth-order valence-corrected chi connectivity index (χ4v) is 3.64. The van der Waals surface area contributed by atoms with Crippen LogP contribution < -0.4 is 19.9 Å². The van der Waals surface area contributed by atoms with Gasteiger partial charge < -0.3 is 19.4 Å². The Hall–Kier alpha value is -2.65. The second kappa shape index (κ2) is 6.34. The molecule has 3 rings (SSSR count). The molecule has 0 saturated heterocycles. The smallest absolute Gasteiger partial charge is 0.323 e. The number of aromatic nitrogens is 2. The van der Waals surface area contributed by atoms with Crippen LogP contribution in [-0.4, -0.2) is 32.6 Å². The molecule has 2 aromatic carbocycles. The summed E-state index contributed by atoms with van der Waals surface area (Å²) in [6.45, 7) is 0. The maximum Gasteiger partial charge on any atom is 0.323 e. The molecule has 0 radical (unpaired) electrons. The Balaban J connectivity index is 2.04. The number of anilines is 1. The van der Waals surface area contributed by atoms with Gasteiger partial charge in [-0.3, -0.25) is 4.72 Å². The van der Waals surface area contributed by atoms with E-state index < -0.39 is 15.7 Å². The normalized spacial score (nSPS) is 11.5. The Bertz CT molecular complexity index is 1100. The maximum atomic E-state index is 12.7. The van der Waals surface area contributed by atoms with Crippen molar-refractivity contribution in [2.45, 2.75) is 4.90 Å². The highest BCUT2D eigenvalue weighted by atomic mass is 35.5. The van der Waals surface area contributed by atoms with E-state index in [0.717, 1.165) is 0 Å². The second-order valence-electron chi connectivity index (χ2n) is 5.08. The first-order valence-electron chi connectivity index (χ1n) is 7.00. The lowest BCUT2D eigenvalue weighted by atomic mass is 10.3. The number of fused-ring (bicyclic) bond motifs is 1. The van der Waals surface area contributed by atoms with E-state index in [4.69, 9.17) is 21.1 Å². The number of hydrogen-bond donors (Lipinski definition) is 3. The zero-order chi connectivity index (χ0) is 18.2. The summed E-state index contributed by atoms with van der Waals surface area (Å²) in [6, 6.07) is 7.12. The molecule has 25 heavy (non-hydrogen) atoms. The lowest BCUT2D eigenvalue weighted by Crippen LogP contribution is -2.13. The SMILES string of the molecule is COc1cc(NS(=O)(=O)c2ccc3[nH]c(=O)[nH]c3c2)c(OC)cc1Cl. The number of rotatable bonds is 5. The van der Waals surface area contributed by atoms with Crippen LogP contribution in [0.2, 0.25) is 5.02 Å². The van der Waals surface area contributed by atoms with Crippen molar-refractivity contribution >= 4 is 38.3 Å². The molecule has 0 bridgehead atoms. The number of imidazole rings is 1. The van der Waals surface area contributed by atoms with Gasteiger partial charge in [0.15, 0.2) is 0 Å². The number of halogens is 1. The van der Waals surface area contributed by atoms with Crippen molar-refractivity contribution in [2.24, 2.45) is 0 Å². The molecule has 0 amide bonds. The van der Waals surface area contributed by atoms with E-state index >= 15 is 0 Å².